The van der Waals surface area contributed by atoms with Crippen molar-refractivity contribution in [3.63, 3.8) is 0 Å². The van der Waals surface area contributed by atoms with Gasteiger partial charge in [-0.25, -0.2) is 0 Å². The summed E-state index contributed by atoms with van der Waals surface area (Å²) in [6, 6.07) is 0. The minimum absolute atomic E-state index is 0.120. The van der Waals surface area contributed by atoms with Crippen LogP contribution >= 0.6 is 0 Å². The van der Waals surface area contributed by atoms with Crippen LogP contribution in [0.4, 0.5) is 0 Å². The van der Waals surface area contributed by atoms with Gasteiger partial charge in [-0.1, -0.05) is 269 Å². The summed E-state index contributed by atoms with van der Waals surface area (Å²) in [5.41, 5.74) is 0. The molecule has 0 aromatic heterocycles. The zero-order valence-corrected chi connectivity index (χ0v) is 48.3. The second-order valence-electron chi connectivity index (χ2n) is 19.5. The topological polar surface area (TPSA) is 78.9 Å². The Morgan fingerprint density at radius 1 is 0.280 bits per heavy atom. The Balaban J connectivity index is 4.55. The molecule has 0 aromatic rings. The van der Waals surface area contributed by atoms with Crippen molar-refractivity contribution in [3.8, 4) is 0 Å². The molecule has 0 heterocycles. The van der Waals surface area contributed by atoms with Gasteiger partial charge >= 0.3 is 17.9 Å². The number of ether oxygens (including phenoxy) is 3. The standard InChI is InChI=1S/C69H110O6/c1-4-7-10-13-16-19-22-25-28-30-32-33-34-35-37-38-41-44-47-50-53-56-59-62-68(71)74-65-66(64-73-67(70)61-58-55-52-49-46-43-40-27-24-21-18-15-12-9-6-3)75-69(72)63-60-57-54-51-48-45-42-39-36-31-29-26-23-20-17-14-11-8-5-2/h7-8,10-11,16-17,19-20,25-26,28-29,32-33,35-37,39,41,44-45,48,54,57,66H,4-6,9,12-15,18,21-24,27,30-31,34,38,40,42-43,46-47,49-53,55-56,58-65H2,1-3H3/b10-7-,11-8-,19-16-,20-17-,28-25-,29-26-,33-32-,37-35-,39-36-,44-41-,48-45-,57-54-. The number of allylic oxidation sites excluding steroid dienone is 24. The zero-order chi connectivity index (χ0) is 54.3. The number of hydrogen-bond donors (Lipinski definition) is 0. The number of hydrogen-bond acceptors (Lipinski definition) is 6. The first-order valence-corrected chi connectivity index (χ1v) is 30.3. The molecule has 6 heteroatoms. The highest BCUT2D eigenvalue weighted by Gasteiger charge is 2.19. The summed E-state index contributed by atoms with van der Waals surface area (Å²) in [5, 5.41) is 0. The molecule has 0 aromatic carbocycles. The summed E-state index contributed by atoms with van der Waals surface area (Å²) < 4.78 is 16.8. The molecule has 0 spiro atoms. The summed E-state index contributed by atoms with van der Waals surface area (Å²) >= 11 is 0. The van der Waals surface area contributed by atoms with Crippen LogP contribution in [0.2, 0.25) is 0 Å². The molecule has 6 nitrogen and oxygen atoms in total. The van der Waals surface area contributed by atoms with E-state index in [1.165, 1.54) is 77.0 Å². The highest BCUT2D eigenvalue weighted by atomic mass is 16.6. The number of unbranched alkanes of at least 4 members (excludes halogenated alkanes) is 18. The third kappa shape index (κ3) is 60.0. The summed E-state index contributed by atoms with van der Waals surface area (Å²) in [5.74, 6) is -1.03. The summed E-state index contributed by atoms with van der Waals surface area (Å²) in [4.78, 5) is 38.2. The predicted molar refractivity (Wildman–Crippen MR) is 325 cm³/mol. The normalized spacial score (nSPS) is 13.2. The molecule has 422 valence electrons. The van der Waals surface area contributed by atoms with E-state index in [0.29, 0.717) is 19.3 Å². The first-order valence-electron chi connectivity index (χ1n) is 30.3. The van der Waals surface area contributed by atoms with Gasteiger partial charge < -0.3 is 14.2 Å². The van der Waals surface area contributed by atoms with E-state index in [1.807, 2.05) is 12.2 Å². The van der Waals surface area contributed by atoms with Crippen LogP contribution in [0.5, 0.6) is 0 Å². The lowest BCUT2D eigenvalue weighted by Gasteiger charge is -2.18. The van der Waals surface area contributed by atoms with E-state index in [-0.39, 0.29) is 31.6 Å². The fourth-order valence-electron chi connectivity index (χ4n) is 7.88. The maximum atomic E-state index is 12.9. The van der Waals surface area contributed by atoms with Crippen molar-refractivity contribution in [2.24, 2.45) is 0 Å². The van der Waals surface area contributed by atoms with Crippen molar-refractivity contribution in [3.05, 3.63) is 146 Å². The Labute approximate surface area is 461 Å². The van der Waals surface area contributed by atoms with Gasteiger partial charge in [-0.3, -0.25) is 14.4 Å². The van der Waals surface area contributed by atoms with Crippen LogP contribution in [0, 0.1) is 0 Å². The van der Waals surface area contributed by atoms with Crippen LogP contribution in [0.3, 0.4) is 0 Å². The van der Waals surface area contributed by atoms with Gasteiger partial charge in [0.15, 0.2) is 6.10 Å². The molecule has 1 atom stereocenters. The zero-order valence-electron chi connectivity index (χ0n) is 48.3. The molecule has 0 aliphatic rings. The lowest BCUT2D eigenvalue weighted by atomic mass is 10.0. The van der Waals surface area contributed by atoms with Gasteiger partial charge in [-0.15, -0.1) is 0 Å². The Kier molecular flexibility index (Phi) is 58.0. The van der Waals surface area contributed by atoms with E-state index in [0.717, 1.165) is 128 Å². The highest BCUT2D eigenvalue weighted by Crippen LogP contribution is 2.15. The van der Waals surface area contributed by atoms with Crippen LogP contribution in [-0.4, -0.2) is 37.2 Å². The molecule has 0 N–H and O–H groups in total. The van der Waals surface area contributed by atoms with Crippen LogP contribution < -0.4 is 0 Å². The lowest BCUT2D eigenvalue weighted by Crippen LogP contribution is -2.30. The van der Waals surface area contributed by atoms with Crippen molar-refractivity contribution in [2.75, 3.05) is 13.2 Å². The number of rotatable bonds is 53. The molecule has 0 amide bonds. The van der Waals surface area contributed by atoms with Gasteiger partial charge in [0.05, 0.1) is 0 Å². The van der Waals surface area contributed by atoms with Crippen molar-refractivity contribution in [1.82, 2.24) is 0 Å². The maximum Gasteiger partial charge on any atom is 0.306 e. The van der Waals surface area contributed by atoms with E-state index in [4.69, 9.17) is 14.2 Å². The van der Waals surface area contributed by atoms with Crippen LogP contribution in [0.15, 0.2) is 146 Å². The van der Waals surface area contributed by atoms with Crippen LogP contribution in [-0.2, 0) is 28.6 Å². The molecule has 75 heavy (non-hydrogen) atoms. The first kappa shape index (κ1) is 70.3. The molecule has 0 saturated carbocycles. The largest absolute Gasteiger partial charge is 0.462 e. The fourth-order valence-corrected chi connectivity index (χ4v) is 7.88. The van der Waals surface area contributed by atoms with Gasteiger partial charge in [0, 0.05) is 19.3 Å². The van der Waals surface area contributed by atoms with Gasteiger partial charge in [-0.2, -0.15) is 0 Å². The molecule has 0 aliphatic carbocycles. The Hall–Kier alpha value is -4.71. The molecular formula is C69H110O6. The monoisotopic (exact) mass is 1030 g/mol. The molecule has 0 fully saturated rings. The number of carbonyl (C=O) groups excluding carboxylic acids is 3. The van der Waals surface area contributed by atoms with Gasteiger partial charge in [0.25, 0.3) is 0 Å². The van der Waals surface area contributed by atoms with Crippen LogP contribution in [0.1, 0.15) is 252 Å². The van der Waals surface area contributed by atoms with Gasteiger partial charge in [-0.05, 0) is 109 Å². The third-order valence-corrected chi connectivity index (χ3v) is 12.4. The summed E-state index contributed by atoms with van der Waals surface area (Å²) in [6.07, 6.45) is 88.5. The minimum atomic E-state index is -0.835. The van der Waals surface area contributed by atoms with E-state index in [2.05, 4.69) is 154 Å². The summed E-state index contributed by atoms with van der Waals surface area (Å²) in [6.45, 7) is 6.33. The Bertz CT molecular complexity index is 1660. The van der Waals surface area contributed by atoms with Crippen LogP contribution in [0.25, 0.3) is 0 Å². The van der Waals surface area contributed by atoms with E-state index < -0.39 is 12.1 Å². The Morgan fingerprint density at radius 3 is 0.867 bits per heavy atom. The minimum Gasteiger partial charge on any atom is -0.462 e. The first-order chi connectivity index (χ1) is 37.0. The highest BCUT2D eigenvalue weighted by molar-refractivity contribution is 5.71. The SMILES string of the molecule is CC/C=C\C/C=C\C/C=C\C/C=C\C/C=C\C/C=C\CCCCCCC(=O)OCC(COC(=O)CCCCCCCCCCCCCCCCC)OC(=O)CC/C=C\C/C=C\C/C=C\C/C=C\C/C=C\C/C=C\CC. The molecular weight excluding hydrogens is 925 g/mol. The molecule has 0 bridgehead atoms. The smallest absolute Gasteiger partial charge is 0.306 e. The molecule has 0 aliphatic heterocycles. The van der Waals surface area contributed by atoms with Crippen molar-refractivity contribution >= 4 is 17.9 Å². The molecule has 0 radical (unpaired) electrons. The molecule has 1 unspecified atom stereocenters. The quantitative estimate of drug-likeness (QED) is 0.0261. The van der Waals surface area contributed by atoms with Gasteiger partial charge in [0.1, 0.15) is 13.2 Å². The van der Waals surface area contributed by atoms with Crippen molar-refractivity contribution < 1.29 is 28.6 Å². The van der Waals surface area contributed by atoms with Crippen molar-refractivity contribution in [2.45, 2.75) is 258 Å². The second-order valence-corrected chi connectivity index (χ2v) is 19.5. The second kappa shape index (κ2) is 61.8. The number of esters is 3. The van der Waals surface area contributed by atoms with E-state index in [9.17, 15) is 14.4 Å². The third-order valence-electron chi connectivity index (χ3n) is 12.4. The average Bonchev–Trinajstić information content (AvgIpc) is 3.41. The van der Waals surface area contributed by atoms with E-state index >= 15 is 0 Å². The molecule has 0 saturated heterocycles. The van der Waals surface area contributed by atoms with E-state index in [1.54, 1.807) is 0 Å². The Morgan fingerprint density at radius 2 is 0.547 bits per heavy atom. The fraction of sp³-hybridized carbons (Fsp3) is 0.609. The summed E-state index contributed by atoms with van der Waals surface area (Å²) in [7, 11) is 0. The maximum absolute atomic E-state index is 12.9. The average molecular weight is 1040 g/mol. The predicted octanol–water partition coefficient (Wildman–Crippen LogP) is 20.8. The number of carbonyl (C=O) groups is 3. The molecule has 0 rings (SSSR count). The van der Waals surface area contributed by atoms with Gasteiger partial charge in [0.2, 0.25) is 0 Å². The van der Waals surface area contributed by atoms with Crippen molar-refractivity contribution in [1.29, 1.82) is 0 Å². The lowest BCUT2D eigenvalue weighted by molar-refractivity contribution is -0.166.